The molecule has 0 radical (unpaired) electrons. The molecule has 96 valence electrons. The molecule has 0 aromatic carbocycles. The number of hydrogen-bond donors (Lipinski definition) is 1. The molecular formula is C13H23N3O. The molecule has 1 aromatic rings. The van der Waals surface area contributed by atoms with E-state index in [1.807, 2.05) is 11.7 Å². The van der Waals surface area contributed by atoms with Crippen LogP contribution in [0.15, 0.2) is 6.20 Å². The molecule has 2 atom stereocenters. The molecule has 4 heteroatoms. The predicted octanol–water partition coefficient (Wildman–Crippen LogP) is 2.25. The number of nitrogens with zero attached hydrogens (tertiary/aromatic N) is 2. The first-order valence-electron chi connectivity index (χ1n) is 6.29. The predicted molar refractivity (Wildman–Crippen MR) is 67.8 cm³/mol. The van der Waals surface area contributed by atoms with Crippen LogP contribution in [0.1, 0.15) is 44.8 Å². The van der Waals surface area contributed by atoms with Gasteiger partial charge < -0.3 is 10.5 Å². The van der Waals surface area contributed by atoms with Crippen LogP contribution in [0.2, 0.25) is 0 Å². The lowest BCUT2D eigenvalue weighted by molar-refractivity contribution is 0.214. The molecular weight excluding hydrogens is 214 g/mol. The summed E-state index contributed by atoms with van der Waals surface area (Å²) in [6.45, 7) is 4.63. The van der Waals surface area contributed by atoms with Crippen molar-refractivity contribution in [3.63, 3.8) is 0 Å². The number of aromatic nitrogens is 2. The highest BCUT2D eigenvalue weighted by Gasteiger charge is 2.40. The van der Waals surface area contributed by atoms with Gasteiger partial charge in [0.15, 0.2) is 5.75 Å². The topological polar surface area (TPSA) is 53.1 Å². The van der Waals surface area contributed by atoms with Crippen molar-refractivity contribution in [2.75, 3.05) is 7.11 Å². The summed E-state index contributed by atoms with van der Waals surface area (Å²) in [6, 6.07) is 0.00921. The Balaban J connectivity index is 2.30. The van der Waals surface area contributed by atoms with E-state index in [4.69, 9.17) is 10.5 Å². The maximum atomic E-state index is 6.46. The van der Waals surface area contributed by atoms with Gasteiger partial charge in [-0.15, -0.1) is 0 Å². The number of ether oxygens (including phenoxy) is 1. The van der Waals surface area contributed by atoms with Crippen LogP contribution in [0.25, 0.3) is 0 Å². The zero-order chi connectivity index (χ0) is 12.6. The highest BCUT2D eigenvalue weighted by atomic mass is 16.5. The zero-order valence-corrected chi connectivity index (χ0v) is 11.2. The molecule has 0 spiro atoms. The van der Waals surface area contributed by atoms with Crippen molar-refractivity contribution in [1.82, 2.24) is 9.78 Å². The van der Waals surface area contributed by atoms with E-state index in [1.165, 1.54) is 19.3 Å². The van der Waals surface area contributed by atoms with Gasteiger partial charge in [0.05, 0.1) is 25.0 Å². The lowest BCUT2D eigenvalue weighted by atomic mass is 9.77. The van der Waals surface area contributed by atoms with E-state index in [0.29, 0.717) is 11.3 Å². The minimum atomic E-state index is 0.00921. The Labute approximate surface area is 103 Å². The zero-order valence-electron chi connectivity index (χ0n) is 11.2. The van der Waals surface area contributed by atoms with Crippen molar-refractivity contribution >= 4 is 0 Å². The van der Waals surface area contributed by atoms with Gasteiger partial charge in [0, 0.05) is 7.05 Å². The fraction of sp³-hybridized carbons (Fsp3) is 0.769. The molecule has 0 amide bonds. The van der Waals surface area contributed by atoms with Crippen LogP contribution in [0.5, 0.6) is 5.75 Å². The van der Waals surface area contributed by atoms with Crippen LogP contribution in [0.4, 0.5) is 0 Å². The number of nitrogens with two attached hydrogens (primary N) is 1. The third kappa shape index (κ3) is 2.06. The largest absolute Gasteiger partial charge is 0.493 e. The van der Waals surface area contributed by atoms with Gasteiger partial charge in [0.1, 0.15) is 0 Å². The van der Waals surface area contributed by atoms with Crippen molar-refractivity contribution in [2.24, 2.45) is 24.1 Å². The highest BCUT2D eigenvalue weighted by Crippen LogP contribution is 2.48. The van der Waals surface area contributed by atoms with Crippen LogP contribution < -0.4 is 10.5 Å². The maximum absolute atomic E-state index is 6.46. The molecule has 0 bridgehead atoms. The minimum Gasteiger partial charge on any atom is -0.493 e. The Morgan fingerprint density at radius 1 is 1.59 bits per heavy atom. The van der Waals surface area contributed by atoms with Gasteiger partial charge in [-0.3, -0.25) is 4.68 Å². The Bertz CT molecular complexity index is 397. The first-order valence-corrected chi connectivity index (χ1v) is 6.29. The van der Waals surface area contributed by atoms with E-state index in [1.54, 1.807) is 13.3 Å². The Hall–Kier alpha value is -1.03. The molecule has 1 aliphatic carbocycles. The summed E-state index contributed by atoms with van der Waals surface area (Å²) in [7, 11) is 3.60. The molecule has 1 aromatic heterocycles. The summed E-state index contributed by atoms with van der Waals surface area (Å²) in [4.78, 5) is 0. The van der Waals surface area contributed by atoms with Crippen LogP contribution in [-0.2, 0) is 7.05 Å². The van der Waals surface area contributed by atoms with E-state index in [9.17, 15) is 0 Å². The second kappa shape index (κ2) is 4.33. The van der Waals surface area contributed by atoms with Crippen LogP contribution in [0.3, 0.4) is 0 Å². The fourth-order valence-corrected chi connectivity index (χ4v) is 3.17. The molecule has 2 unspecified atom stereocenters. The smallest absolute Gasteiger partial charge is 0.161 e. The van der Waals surface area contributed by atoms with Gasteiger partial charge in [-0.1, -0.05) is 20.3 Å². The van der Waals surface area contributed by atoms with Crippen LogP contribution in [-0.4, -0.2) is 16.9 Å². The van der Waals surface area contributed by atoms with E-state index in [0.717, 1.165) is 11.4 Å². The molecule has 1 saturated carbocycles. The quantitative estimate of drug-likeness (QED) is 0.877. The molecule has 0 saturated heterocycles. The Morgan fingerprint density at radius 3 is 2.82 bits per heavy atom. The summed E-state index contributed by atoms with van der Waals surface area (Å²) < 4.78 is 7.20. The molecule has 1 heterocycles. The van der Waals surface area contributed by atoms with Crippen molar-refractivity contribution in [1.29, 1.82) is 0 Å². The molecule has 17 heavy (non-hydrogen) atoms. The first kappa shape index (κ1) is 12.4. The van der Waals surface area contributed by atoms with Gasteiger partial charge in [-0.25, -0.2) is 0 Å². The van der Waals surface area contributed by atoms with Crippen molar-refractivity contribution in [3.05, 3.63) is 11.9 Å². The number of methoxy groups -OCH3 is 1. The standard InChI is InChI=1S/C13H23N3O/c1-13(2)7-5-6-9(13)11(14)12-10(17-4)8-15-16(12)3/h8-9,11H,5-7,14H2,1-4H3. The lowest BCUT2D eigenvalue weighted by Gasteiger charge is -2.32. The maximum Gasteiger partial charge on any atom is 0.161 e. The van der Waals surface area contributed by atoms with Gasteiger partial charge in [0.2, 0.25) is 0 Å². The van der Waals surface area contributed by atoms with E-state index in [-0.39, 0.29) is 6.04 Å². The van der Waals surface area contributed by atoms with Crippen molar-refractivity contribution < 1.29 is 4.74 Å². The average Bonchev–Trinajstić information content (AvgIpc) is 2.80. The SMILES string of the molecule is COc1cnn(C)c1C(N)C1CCCC1(C)C. The number of aryl methyl sites for hydroxylation is 1. The number of rotatable bonds is 3. The molecule has 4 nitrogen and oxygen atoms in total. The van der Waals surface area contributed by atoms with Crippen LogP contribution in [0, 0.1) is 11.3 Å². The van der Waals surface area contributed by atoms with E-state index < -0.39 is 0 Å². The highest BCUT2D eigenvalue weighted by molar-refractivity contribution is 5.29. The third-order valence-electron chi connectivity index (χ3n) is 4.26. The van der Waals surface area contributed by atoms with E-state index in [2.05, 4.69) is 18.9 Å². The molecule has 2 rings (SSSR count). The molecule has 1 aliphatic rings. The van der Waals surface area contributed by atoms with Gasteiger partial charge in [-0.2, -0.15) is 5.10 Å². The summed E-state index contributed by atoms with van der Waals surface area (Å²) in [6.07, 6.45) is 5.47. The Kier molecular flexibility index (Phi) is 3.17. The normalized spacial score (nSPS) is 24.9. The second-order valence-electron chi connectivity index (χ2n) is 5.73. The third-order valence-corrected chi connectivity index (χ3v) is 4.26. The van der Waals surface area contributed by atoms with Gasteiger partial charge >= 0.3 is 0 Å². The molecule has 2 N–H and O–H groups in total. The lowest BCUT2D eigenvalue weighted by Crippen LogP contribution is -2.31. The summed E-state index contributed by atoms with van der Waals surface area (Å²) in [5.74, 6) is 1.31. The fourth-order valence-electron chi connectivity index (χ4n) is 3.17. The van der Waals surface area contributed by atoms with Gasteiger partial charge in [-0.05, 0) is 24.2 Å². The summed E-state index contributed by atoms with van der Waals surface area (Å²) in [5, 5.41) is 4.24. The second-order valence-corrected chi connectivity index (χ2v) is 5.73. The van der Waals surface area contributed by atoms with Gasteiger partial charge in [0.25, 0.3) is 0 Å². The minimum absolute atomic E-state index is 0.00921. The first-order chi connectivity index (χ1) is 7.97. The van der Waals surface area contributed by atoms with Crippen LogP contribution >= 0.6 is 0 Å². The summed E-state index contributed by atoms with van der Waals surface area (Å²) in [5.41, 5.74) is 7.79. The summed E-state index contributed by atoms with van der Waals surface area (Å²) >= 11 is 0. The molecule has 1 fully saturated rings. The van der Waals surface area contributed by atoms with Crippen molar-refractivity contribution in [2.45, 2.75) is 39.2 Å². The average molecular weight is 237 g/mol. The number of hydrogen-bond acceptors (Lipinski definition) is 3. The molecule has 0 aliphatic heterocycles. The van der Waals surface area contributed by atoms with Crippen molar-refractivity contribution in [3.8, 4) is 5.75 Å². The Morgan fingerprint density at radius 2 is 2.29 bits per heavy atom. The monoisotopic (exact) mass is 237 g/mol. The van der Waals surface area contributed by atoms with E-state index >= 15 is 0 Å².